The smallest absolute Gasteiger partial charge is 0.282 e. The summed E-state index contributed by atoms with van der Waals surface area (Å²) in [5, 5.41) is 2.80. The zero-order chi connectivity index (χ0) is 13.1. The van der Waals surface area contributed by atoms with Gasteiger partial charge in [0.2, 0.25) is 5.91 Å². The van der Waals surface area contributed by atoms with Gasteiger partial charge in [-0.1, -0.05) is 17.8 Å². The molecule has 0 aliphatic carbocycles. The highest BCUT2D eigenvalue weighted by Crippen LogP contribution is 2.19. The molecule has 2 amide bonds. The number of hydrogen-bond acceptors (Lipinski definition) is 3. The summed E-state index contributed by atoms with van der Waals surface area (Å²) in [6.45, 7) is 2.81. The predicted octanol–water partition coefficient (Wildman–Crippen LogP) is 2.71. The van der Waals surface area contributed by atoms with Crippen molar-refractivity contribution in [2.45, 2.75) is 6.92 Å². The Kier molecular flexibility index (Phi) is 4.50. The third kappa shape index (κ3) is 3.38. The Labute approximate surface area is 124 Å². The molecule has 0 bridgehead atoms. The average Bonchev–Trinajstić information content (AvgIpc) is 2.70. The van der Waals surface area contributed by atoms with Gasteiger partial charge in [-0.2, -0.15) is 0 Å². The van der Waals surface area contributed by atoms with Gasteiger partial charge >= 0.3 is 0 Å². The van der Waals surface area contributed by atoms with E-state index in [0.717, 1.165) is 15.0 Å². The van der Waals surface area contributed by atoms with Gasteiger partial charge in [0.1, 0.15) is 6.54 Å². The Morgan fingerprint density at radius 3 is 2.94 bits per heavy atom. The molecular formula is C12H13IN2O2S. The van der Waals surface area contributed by atoms with E-state index in [0.29, 0.717) is 6.54 Å². The van der Waals surface area contributed by atoms with Crippen molar-refractivity contribution in [2.24, 2.45) is 0 Å². The van der Waals surface area contributed by atoms with E-state index in [-0.39, 0.29) is 17.7 Å². The highest BCUT2D eigenvalue weighted by molar-refractivity contribution is 14.1. The van der Waals surface area contributed by atoms with Crippen LogP contribution in [0.1, 0.15) is 5.56 Å². The summed E-state index contributed by atoms with van der Waals surface area (Å²) in [5.74, 6) is 0.625. The molecular weight excluding hydrogens is 363 g/mol. The second-order valence-electron chi connectivity index (χ2n) is 4.05. The van der Waals surface area contributed by atoms with E-state index in [9.17, 15) is 9.59 Å². The highest BCUT2D eigenvalue weighted by atomic mass is 127. The van der Waals surface area contributed by atoms with E-state index in [4.69, 9.17) is 0 Å². The average molecular weight is 376 g/mol. The SMILES string of the molecule is Cc1ccc(NC(=O)CN2CCSC2=O)cc1I. The number of nitrogens with one attached hydrogen (secondary N) is 1. The molecule has 1 N–H and O–H groups in total. The van der Waals surface area contributed by atoms with Crippen molar-refractivity contribution in [3.8, 4) is 0 Å². The monoisotopic (exact) mass is 376 g/mol. The fourth-order valence-corrected chi connectivity index (χ4v) is 2.95. The Balaban J connectivity index is 1.94. The normalized spacial score (nSPS) is 15.0. The van der Waals surface area contributed by atoms with Crippen LogP contribution in [0, 0.1) is 10.5 Å². The lowest BCUT2D eigenvalue weighted by atomic mass is 10.2. The Morgan fingerprint density at radius 2 is 2.33 bits per heavy atom. The molecule has 0 aromatic heterocycles. The summed E-state index contributed by atoms with van der Waals surface area (Å²) in [7, 11) is 0. The van der Waals surface area contributed by atoms with Crippen LogP contribution in [0.4, 0.5) is 10.5 Å². The van der Waals surface area contributed by atoms with Gasteiger partial charge < -0.3 is 10.2 Å². The molecule has 1 aromatic carbocycles. The Bertz CT molecular complexity index is 493. The number of hydrogen-bond donors (Lipinski definition) is 1. The second-order valence-corrected chi connectivity index (χ2v) is 6.26. The third-order valence-corrected chi connectivity index (χ3v) is 4.69. The van der Waals surface area contributed by atoms with E-state index in [1.165, 1.54) is 17.3 Å². The highest BCUT2D eigenvalue weighted by Gasteiger charge is 2.23. The number of amides is 2. The van der Waals surface area contributed by atoms with Crippen LogP contribution >= 0.6 is 34.4 Å². The van der Waals surface area contributed by atoms with E-state index < -0.39 is 0 Å². The molecule has 6 heteroatoms. The van der Waals surface area contributed by atoms with Crippen LogP contribution in [0.5, 0.6) is 0 Å². The predicted molar refractivity (Wildman–Crippen MR) is 82.0 cm³/mol. The summed E-state index contributed by atoms with van der Waals surface area (Å²) < 4.78 is 1.11. The van der Waals surface area contributed by atoms with Gasteiger partial charge in [-0.25, -0.2) is 0 Å². The minimum absolute atomic E-state index is 0.0105. The first-order chi connectivity index (χ1) is 8.56. The number of benzene rings is 1. The summed E-state index contributed by atoms with van der Waals surface area (Å²) in [6, 6.07) is 5.76. The molecule has 1 aliphatic rings. The maximum Gasteiger partial charge on any atom is 0.282 e. The number of carbonyl (C=O) groups is 2. The molecule has 1 aromatic rings. The molecule has 1 heterocycles. The number of halogens is 1. The topological polar surface area (TPSA) is 49.4 Å². The summed E-state index contributed by atoms with van der Waals surface area (Å²) >= 11 is 3.49. The zero-order valence-electron chi connectivity index (χ0n) is 9.90. The number of thioether (sulfide) groups is 1. The molecule has 0 atom stereocenters. The molecule has 2 rings (SSSR count). The van der Waals surface area contributed by atoms with Crippen LogP contribution < -0.4 is 5.32 Å². The summed E-state index contributed by atoms with van der Waals surface area (Å²) in [6.07, 6.45) is 0. The van der Waals surface area contributed by atoms with Crippen molar-refractivity contribution < 1.29 is 9.59 Å². The van der Waals surface area contributed by atoms with Gasteiger partial charge in [-0.3, -0.25) is 9.59 Å². The lowest BCUT2D eigenvalue weighted by Gasteiger charge is -2.14. The lowest BCUT2D eigenvalue weighted by Crippen LogP contribution is -2.33. The Morgan fingerprint density at radius 1 is 1.56 bits per heavy atom. The Hall–Kier alpha value is -0.760. The quantitative estimate of drug-likeness (QED) is 0.826. The van der Waals surface area contributed by atoms with E-state index >= 15 is 0 Å². The molecule has 18 heavy (non-hydrogen) atoms. The van der Waals surface area contributed by atoms with Crippen LogP contribution in [0.3, 0.4) is 0 Å². The minimum atomic E-state index is -0.148. The largest absolute Gasteiger partial charge is 0.325 e. The second kappa shape index (κ2) is 5.92. The molecule has 96 valence electrons. The van der Waals surface area contributed by atoms with Crippen molar-refractivity contribution in [1.29, 1.82) is 0 Å². The lowest BCUT2D eigenvalue weighted by molar-refractivity contribution is -0.116. The standard InChI is InChI=1S/C12H13IN2O2S/c1-8-2-3-9(6-10(8)13)14-11(16)7-15-4-5-18-12(15)17/h2-3,6H,4-5,7H2,1H3,(H,14,16). The molecule has 0 radical (unpaired) electrons. The fraction of sp³-hybridized carbons (Fsp3) is 0.333. The fourth-order valence-electron chi connectivity index (χ4n) is 1.61. The third-order valence-electron chi connectivity index (χ3n) is 2.63. The van der Waals surface area contributed by atoms with Gasteiger partial charge in [-0.15, -0.1) is 0 Å². The van der Waals surface area contributed by atoms with Gasteiger partial charge in [0.15, 0.2) is 0 Å². The first-order valence-electron chi connectivity index (χ1n) is 5.54. The van der Waals surface area contributed by atoms with Crippen LogP contribution in [0.25, 0.3) is 0 Å². The molecule has 0 saturated carbocycles. The summed E-state index contributed by atoms with van der Waals surface area (Å²) in [4.78, 5) is 24.7. The number of rotatable bonds is 3. The molecule has 0 unspecified atom stereocenters. The van der Waals surface area contributed by atoms with Crippen LogP contribution in [0.15, 0.2) is 18.2 Å². The maximum absolute atomic E-state index is 11.8. The molecule has 1 aliphatic heterocycles. The van der Waals surface area contributed by atoms with Crippen LogP contribution in [-0.2, 0) is 4.79 Å². The van der Waals surface area contributed by atoms with Gasteiger partial charge in [-0.05, 0) is 47.2 Å². The molecule has 1 saturated heterocycles. The molecule has 4 nitrogen and oxygen atoms in total. The van der Waals surface area contributed by atoms with Crippen molar-refractivity contribution in [1.82, 2.24) is 4.90 Å². The number of carbonyl (C=O) groups excluding carboxylic acids is 2. The zero-order valence-corrected chi connectivity index (χ0v) is 12.9. The van der Waals surface area contributed by atoms with Crippen molar-refractivity contribution in [3.63, 3.8) is 0 Å². The maximum atomic E-state index is 11.8. The number of aryl methyl sites for hydroxylation is 1. The minimum Gasteiger partial charge on any atom is -0.325 e. The number of anilines is 1. The van der Waals surface area contributed by atoms with E-state index in [2.05, 4.69) is 27.9 Å². The van der Waals surface area contributed by atoms with Gasteiger partial charge in [0.05, 0.1) is 0 Å². The van der Waals surface area contributed by atoms with Crippen molar-refractivity contribution in [2.75, 3.05) is 24.2 Å². The van der Waals surface area contributed by atoms with Crippen LogP contribution in [-0.4, -0.2) is 34.9 Å². The van der Waals surface area contributed by atoms with Crippen molar-refractivity contribution >= 4 is 51.2 Å². The first-order valence-corrected chi connectivity index (χ1v) is 7.60. The number of nitrogens with zero attached hydrogens (tertiary/aromatic N) is 1. The van der Waals surface area contributed by atoms with Gasteiger partial charge in [0, 0.05) is 21.6 Å². The van der Waals surface area contributed by atoms with E-state index in [1.54, 1.807) is 4.90 Å². The van der Waals surface area contributed by atoms with Crippen LogP contribution in [0.2, 0.25) is 0 Å². The van der Waals surface area contributed by atoms with E-state index in [1.807, 2.05) is 25.1 Å². The van der Waals surface area contributed by atoms with Gasteiger partial charge in [0.25, 0.3) is 5.24 Å². The molecule has 0 spiro atoms. The molecule has 1 fully saturated rings. The summed E-state index contributed by atoms with van der Waals surface area (Å²) in [5.41, 5.74) is 1.95. The van der Waals surface area contributed by atoms with Crippen molar-refractivity contribution in [3.05, 3.63) is 27.3 Å². The first kappa shape index (κ1) is 13.7.